The predicted octanol–water partition coefficient (Wildman–Crippen LogP) is 4.15. The molecule has 2 rings (SSSR count). The van der Waals surface area contributed by atoms with Crippen molar-refractivity contribution >= 4 is 15.9 Å². The second-order valence-corrected chi connectivity index (χ2v) is 5.68. The van der Waals surface area contributed by atoms with Crippen LogP contribution in [0, 0.1) is 12.7 Å². The lowest BCUT2D eigenvalue weighted by molar-refractivity contribution is 0.405. The van der Waals surface area contributed by atoms with Gasteiger partial charge in [0.05, 0.1) is 7.11 Å². The van der Waals surface area contributed by atoms with E-state index in [1.165, 1.54) is 12.1 Å². The first-order valence-electron chi connectivity index (χ1n) is 6.35. The SMILES string of the molecule is COc1cc(Br)ccc1C(N)Cc1ccc(F)cc1C. The van der Waals surface area contributed by atoms with Crippen LogP contribution >= 0.6 is 15.9 Å². The summed E-state index contributed by atoms with van der Waals surface area (Å²) in [6.45, 7) is 1.89. The van der Waals surface area contributed by atoms with Gasteiger partial charge in [0.1, 0.15) is 11.6 Å². The number of methoxy groups -OCH3 is 1. The van der Waals surface area contributed by atoms with Gasteiger partial charge in [-0.1, -0.05) is 28.1 Å². The molecule has 0 aliphatic rings. The van der Waals surface area contributed by atoms with E-state index in [0.29, 0.717) is 6.42 Å². The predicted molar refractivity (Wildman–Crippen MR) is 82.5 cm³/mol. The lowest BCUT2D eigenvalue weighted by atomic mass is 9.96. The summed E-state index contributed by atoms with van der Waals surface area (Å²) in [4.78, 5) is 0. The van der Waals surface area contributed by atoms with Crippen molar-refractivity contribution in [2.45, 2.75) is 19.4 Å². The molecule has 20 heavy (non-hydrogen) atoms. The highest BCUT2D eigenvalue weighted by Gasteiger charge is 2.14. The minimum absolute atomic E-state index is 0.192. The van der Waals surface area contributed by atoms with Gasteiger partial charge < -0.3 is 10.5 Å². The fourth-order valence-electron chi connectivity index (χ4n) is 2.23. The number of rotatable bonds is 4. The van der Waals surface area contributed by atoms with Crippen LogP contribution in [0.4, 0.5) is 4.39 Å². The first kappa shape index (κ1) is 15.0. The molecule has 0 saturated carbocycles. The van der Waals surface area contributed by atoms with E-state index in [2.05, 4.69) is 15.9 Å². The summed E-state index contributed by atoms with van der Waals surface area (Å²) in [6, 6.07) is 10.4. The van der Waals surface area contributed by atoms with Crippen LogP contribution in [0.25, 0.3) is 0 Å². The van der Waals surface area contributed by atoms with Crippen molar-refractivity contribution in [1.82, 2.24) is 0 Å². The first-order valence-corrected chi connectivity index (χ1v) is 7.14. The van der Waals surface area contributed by atoms with Crippen molar-refractivity contribution in [1.29, 1.82) is 0 Å². The molecule has 4 heteroatoms. The molecule has 0 bridgehead atoms. The molecule has 0 spiro atoms. The third-order valence-electron chi connectivity index (χ3n) is 3.34. The summed E-state index contributed by atoms with van der Waals surface area (Å²) in [7, 11) is 1.63. The zero-order valence-corrected chi connectivity index (χ0v) is 13.1. The number of hydrogen-bond donors (Lipinski definition) is 1. The summed E-state index contributed by atoms with van der Waals surface area (Å²) < 4.78 is 19.4. The fourth-order valence-corrected chi connectivity index (χ4v) is 2.57. The Morgan fingerprint density at radius 1 is 1.25 bits per heavy atom. The molecule has 0 amide bonds. The minimum Gasteiger partial charge on any atom is -0.496 e. The lowest BCUT2D eigenvalue weighted by Gasteiger charge is -2.17. The maximum atomic E-state index is 13.1. The van der Waals surface area contributed by atoms with Crippen molar-refractivity contribution in [3.05, 3.63) is 63.4 Å². The van der Waals surface area contributed by atoms with Crippen LogP contribution in [-0.2, 0) is 6.42 Å². The normalized spacial score (nSPS) is 12.2. The Morgan fingerprint density at radius 3 is 2.65 bits per heavy atom. The van der Waals surface area contributed by atoms with Crippen molar-refractivity contribution < 1.29 is 9.13 Å². The summed E-state index contributed by atoms with van der Waals surface area (Å²) in [5.41, 5.74) is 9.17. The molecular weight excluding hydrogens is 321 g/mol. The maximum absolute atomic E-state index is 13.1. The summed E-state index contributed by atoms with van der Waals surface area (Å²) in [5.74, 6) is 0.535. The van der Waals surface area contributed by atoms with E-state index in [9.17, 15) is 4.39 Å². The van der Waals surface area contributed by atoms with Crippen molar-refractivity contribution in [3.63, 3.8) is 0 Å². The van der Waals surface area contributed by atoms with Crippen molar-refractivity contribution in [2.24, 2.45) is 5.73 Å². The Bertz CT molecular complexity index is 615. The van der Waals surface area contributed by atoms with Gasteiger partial charge in [-0.05, 0) is 48.7 Å². The molecule has 0 heterocycles. The summed E-state index contributed by atoms with van der Waals surface area (Å²) in [5, 5.41) is 0. The monoisotopic (exact) mass is 337 g/mol. The highest BCUT2D eigenvalue weighted by Crippen LogP contribution is 2.29. The van der Waals surface area contributed by atoms with Crippen molar-refractivity contribution in [2.75, 3.05) is 7.11 Å². The van der Waals surface area contributed by atoms with E-state index in [1.54, 1.807) is 13.2 Å². The van der Waals surface area contributed by atoms with Gasteiger partial charge in [-0.15, -0.1) is 0 Å². The molecule has 0 saturated heterocycles. The molecule has 2 aromatic carbocycles. The van der Waals surface area contributed by atoms with Crippen LogP contribution in [0.15, 0.2) is 40.9 Å². The van der Waals surface area contributed by atoms with Gasteiger partial charge in [0.25, 0.3) is 0 Å². The highest BCUT2D eigenvalue weighted by atomic mass is 79.9. The van der Waals surface area contributed by atoms with E-state index < -0.39 is 0 Å². The van der Waals surface area contributed by atoms with Crippen LogP contribution < -0.4 is 10.5 Å². The molecule has 0 radical (unpaired) electrons. The molecule has 2 N–H and O–H groups in total. The van der Waals surface area contributed by atoms with Crippen LogP contribution in [0.5, 0.6) is 5.75 Å². The number of halogens is 2. The minimum atomic E-state index is -0.221. The zero-order chi connectivity index (χ0) is 14.7. The fraction of sp³-hybridized carbons (Fsp3) is 0.250. The number of ether oxygens (including phenoxy) is 1. The van der Waals surface area contributed by atoms with E-state index >= 15 is 0 Å². The maximum Gasteiger partial charge on any atom is 0.124 e. The van der Waals surface area contributed by atoms with Crippen molar-refractivity contribution in [3.8, 4) is 5.75 Å². The third kappa shape index (κ3) is 3.38. The van der Waals surface area contributed by atoms with Gasteiger partial charge >= 0.3 is 0 Å². The van der Waals surface area contributed by atoms with Gasteiger partial charge in [-0.25, -0.2) is 4.39 Å². The number of benzene rings is 2. The Kier molecular flexibility index (Phi) is 4.78. The van der Waals surface area contributed by atoms with E-state index in [0.717, 1.165) is 26.9 Å². The van der Waals surface area contributed by atoms with Gasteiger partial charge in [0.15, 0.2) is 0 Å². The Morgan fingerprint density at radius 2 is 2.00 bits per heavy atom. The average Bonchev–Trinajstić information content (AvgIpc) is 2.41. The van der Waals surface area contributed by atoms with E-state index in [-0.39, 0.29) is 11.9 Å². The van der Waals surface area contributed by atoms with Crippen LogP contribution in [0.2, 0.25) is 0 Å². The largest absolute Gasteiger partial charge is 0.496 e. The zero-order valence-electron chi connectivity index (χ0n) is 11.5. The highest BCUT2D eigenvalue weighted by molar-refractivity contribution is 9.10. The van der Waals surface area contributed by atoms with Crippen LogP contribution in [0.3, 0.4) is 0 Å². The molecule has 1 atom stereocenters. The first-order chi connectivity index (χ1) is 9.51. The number of hydrogen-bond acceptors (Lipinski definition) is 2. The molecule has 0 aliphatic heterocycles. The van der Waals surface area contributed by atoms with Crippen LogP contribution in [-0.4, -0.2) is 7.11 Å². The average molecular weight is 338 g/mol. The quantitative estimate of drug-likeness (QED) is 0.909. The van der Waals surface area contributed by atoms with Gasteiger partial charge in [-0.3, -0.25) is 0 Å². The smallest absolute Gasteiger partial charge is 0.124 e. The van der Waals surface area contributed by atoms with Gasteiger partial charge in [-0.2, -0.15) is 0 Å². The van der Waals surface area contributed by atoms with E-state index in [4.69, 9.17) is 10.5 Å². The molecular formula is C16H17BrFNO. The van der Waals surface area contributed by atoms with Gasteiger partial charge in [0.2, 0.25) is 0 Å². The molecule has 0 aliphatic carbocycles. The summed E-state index contributed by atoms with van der Waals surface area (Å²) in [6.07, 6.45) is 0.643. The Labute approximate surface area is 126 Å². The summed E-state index contributed by atoms with van der Waals surface area (Å²) >= 11 is 3.41. The second-order valence-electron chi connectivity index (χ2n) is 4.77. The number of nitrogens with two attached hydrogens (primary N) is 1. The van der Waals surface area contributed by atoms with E-state index in [1.807, 2.05) is 25.1 Å². The Balaban J connectivity index is 2.25. The topological polar surface area (TPSA) is 35.2 Å². The molecule has 1 unspecified atom stereocenters. The lowest BCUT2D eigenvalue weighted by Crippen LogP contribution is -2.15. The third-order valence-corrected chi connectivity index (χ3v) is 3.83. The standard InChI is InChI=1S/C16H17BrFNO/c1-10-7-13(18)5-3-11(10)8-15(19)14-6-4-12(17)9-16(14)20-2/h3-7,9,15H,8,19H2,1-2H3. The molecule has 106 valence electrons. The molecule has 2 nitrogen and oxygen atoms in total. The van der Waals surface area contributed by atoms with Gasteiger partial charge in [0, 0.05) is 16.1 Å². The second kappa shape index (κ2) is 6.37. The molecule has 0 fully saturated rings. The molecule has 2 aromatic rings. The molecule has 0 aromatic heterocycles. The Hall–Kier alpha value is -1.39. The van der Waals surface area contributed by atoms with Crippen LogP contribution in [0.1, 0.15) is 22.7 Å². The number of aryl methyl sites for hydroxylation is 1.